The fourth-order valence-corrected chi connectivity index (χ4v) is 5.95. The molecule has 0 spiro atoms. The first-order chi connectivity index (χ1) is 13.1. The first kappa shape index (κ1) is 20.0. The molecule has 1 amide bonds. The van der Waals surface area contributed by atoms with E-state index in [4.69, 9.17) is 9.47 Å². The van der Waals surface area contributed by atoms with Crippen LogP contribution in [-0.4, -0.2) is 31.1 Å². The van der Waals surface area contributed by atoms with Gasteiger partial charge in [0.15, 0.2) is 6.61 Å². The Morgan fingerprint density at radius 1 is 1.19 bits per heavy atom. The van der Waals surface area contributed by atoms with Crippen molar-refractivity contribution in [2.75, 3.05) is 25.2 Å². The summed E-state index contributed by atoms with van der Waals surface area (Å²) < 4.78 is 11.7. The quantitative estimate of drug-likeness (QED) is 0.724. The van der Waals surface area contributed by atoms with Gasteiger partial charge in [-0.15, -0.1) is 23.5 Å². The first-order valence-electron chi connectivity index (χ1n) is 8.97. The van der Waals surface area contributed by atoms with Gasteiger partial charge in [-0.05, 0) is 26.0 Å². The Balaban J connectivity index is 1.61. The molecule has 0 bridgehead atoms. The molecule has 4 nitrogen and oxygen atoms in total. The minimum absolute atomic E-state index is 0.00244. The first-order valence-corrected chi connectivity index (χ1v) is 11.1. The molecule has 1 fully saturated rings. The van der Waals surface area contributed by atoms with Crippen LogP contribution in [0.2, 0.25) is 0 Å². The van der Waals surface area contributed by atoms with Gasteiger partial charge in [0.1, 0.15) is 11.5 Å². The molecule has 1 atom stereocenters. The number of para-hydroxylation sites is 1. The van der Waals surface area contributed by atoms with Gasteiger partial charge in [-0.25, -0.2) is 0 Å². The molecular formula is C21H25NO3S2. The van der Waals surface area contributed by atoms with Crippen molar-refractivity contribution in [1.29, 1.82) is 0 Å². The van der Waals surface area contributed by atoms with Crippen molar-refractivity contribution in [3.8, 4) is 11.5 Å². The van der Waals surface area contributed by atoms with Crippen LogP contribution < -0.4 is 14.8 Å². The summed E-state index contributed by atoms with van der Waals surface area (Å²) in [4.78, 5) is 12.4. The summed E-state index contributed by atoms with van der Waals surface area (Å²) in [5.41, 5.74) is 3.25. The van der Waals surface area contributed by atoms with Crippen LogP contribution in [0.1, 0.15) is 34.2 Å². The van der Waals surface area contributed by atoms with Gasteiger partial charge in [0.25, 0.3) is 5.91 Å². The lowest BCUT2D eigenvalue weighted by atomic mass is 10.0. The van der Waals surface area contributed by atoms with Crippen LogP contribution in [0.25, 0.3) is 0 Å². The Kier molecular flexibility index (Phi) is 6.96. The predicted octanol–water partition coefficient (Wildman–Crippen LogP) is 4.74. The summed E-state index contributed by atoms with van der Waals surface area (Å²) in [7, 11) is 1.64. The summed E-state index contributed by atoms with van der Waals surface area (Å²) in [6, 6.07) is 13.8. The summed E-state index contributed by atoms with van der Waals surface area (Å²) in [5, 5.41) is 3.00. The maximum atomic E-state index is 12.4. The van der Waals surface area contributed by atoms with Crippen molar-refractivity contribution in [2.24, 2.45) is 0 Å². The van der Waals surface area contributed by atoms with E-state index in [2.05, 4.69) is 11.4 Å². The van der Waals surface area contributed by atoms with Gasteiger partial charge in [-0.3, -0.25) is 4.79 Å². The molecule has 0 radical (unpaired) electrons. The molecule has 1 heterocycles. The molecule has 0 aromatic heterocycles. The highest BCUT2D eigenvalue weighted by molar-refractivity contribution is 8.19. The number of amides is 1. The molecule has 0 saturated carbocycles. The van der Waals surface area contributed by atoms with Crippen LogP contribution >= 0.6 is 23.5 Å². The molecule has 3 rings (SSSR count). The molecular weight excluding hydrogens is 378 g/mol. The predicted molar refractivity (Wildman–Crippen MR) is 114 cm³/mol. The average molecular weight is 404 g/mol. The van der Waals surface area contributed by atoms with E-state index < -0.39 is 0 Å². The normalized spacial score (nSPS) is 15.4. The molecule has 1 aliphatic heterocycles. The van der Waals surface area contributed by atoms with Crippen LogP contribution in [0.15, 0.2) is 42.5 Å². The molecule has 1 aliphatic rings. The number of aryl methyl sites for hydroxylation is 1. The molecule has 1 N–H and O–H groups in total. The van der Waals surface area contributed by atoms with Crippen LogP contribution in [0.4, 0.5) is 0 Å². The smallest absolute Gasteiger partial charge is 0.258 e. The number of methoxy groups -OCH3 is 1. The van der Waals surface area contributed by atoms with Crippen molar-refractivity contribution in [1.82, 2.24) is 5.32 Å². The Morgan fingerprint density at radius 2 is 1.93 bits per heavy atom. The summed E-state index contributed by atoms with van der Waals surface area (Å²) in [6.45, 7) is 3.98. The lowest BCUT2D eigenvalue weighted by Crippen LogP contribution is -2.31. The van der Waals surface area contributed by atoms with Crippen molar-refractivity contribution < 1.29 is 14.3 Å². The van der Waals surface area contributed by atoms with Crippen molar-refractivity contribution in [3.05, 3.63) is 59.2 Å². The lowest BCUT2D eigenvalue weighted by molar-refractivity contribution is -0.123. The van der Waals surface area contributed by atoms with E-state index in [1.165, 1.54) is 0 Å². The molecule has 1 unspecified atom stereocenters. The van der Waals surface area contributed by atoms with E-state index in [0.29, 0.717) is 4.58 Å². The number of carbonyl (C=O) groups is 1. The Labute approximate surface area is 169 Å². The van der Waals surface area contributed by atoms with Gasteiger partial charge in [-0.1, -0.05) is 35.9 Å². The number of thioether (sulfide) groups is 2. The second-order valence-corrected chi connectivity index (χ2v) is 9.16. The van der Waals surface area contributed by atoms with Gasteiger partial charge in [0.2, 0.25) is 0 Å². The molecule has 6 heteroatoms. The Hall–Kier alpha value is -1.79. The minimum atomic E-state index is -0.160. The number of rotatable bonds is 7. The monoisotopic (exact) mass is 403 g/mol. The van der Waals surface area contributed by atoms with E-state index in [1.54, 1.807) is 7.11 Å². The zero-order chi connectivity index (χ0) is 19.2. The third kappa shape index (κ3) is 5.14. The third-order valence-electron chi connectivity index (χ3n) is 4.38. The molecule has 2 aromatic rings. The molecule has 144 valence electrons. The second kappa shape index (κ2) is 9.42. The summed E-state index contributed by atoms with van der Waals surface area (Å²) in [5.74, 6) is 3.72. The standard InChI is InChI=1S/C21H25NO3S2/c1-14-8-9-18(24-3)17(12-14)15(2)22-20(23)13-25-19-7-5-4-6-16(19)21-26-10-11-27-21/h4-9,12,15,21H,10-11,13H2,1-3H3,(H,22,23). The van der Waals surface area contributed by atoms with Gasteiger partial charge in [0.05, 0.1) is 17.7 Å². The molecule has 0 aliphatic carbocycles. The zero-order valence-electron chi connectivity index (χ0n) is 15.9. The van der Waals surface area contributed by atoms with E-state index in [9.17, 15) is 4.79 Å². The minimum Gasteiger partial charge on any atom is -0.496 e. The fourth-order valence-electron chi connectivity index (χ4n) is 3.04. The zero-order valence-corrected chi connectivity index (χ0v) is 17.5. The van der Waals surface area contributed by atoms with Crippen LogP contribution in [0, 0.1) is 6.92 Å². The van der Waals surface area contributed by atoms with Crippen molar-refractivity contribution in [2.45, 2.75) is 24.5 Å². The number of nitrogens with one attached hydrogen (secondary N) is 1. The van der Waals surface area contributed by atoms with Gasteiger partial charge >= 0.3 is 0 Å². The van der Waals surface area contributed by atoms with Crippen molar-refractivity contribution in [3.63, 3.8) is 0 Å². The molecule has 1 saturated heterocycles. The largest absolute Gasteiger partial charge is 0.496 e. The van der Waals surface area contributed by atoms with E-state index in [1.807, 2.05) is 73.8 Å². The number of ether oxygens (including phenoxy) is 2. The summed E-state index contributed by atoms with van der Waals surface area (Å²) in [6.07, 6.45) is 0. The van der Waals surface area contributed by atoms with E-state index in [0.717, 1.165) is 39.7 Å². The lowest BCUT2D eigenvalue weighted by Gasteiger charge is -2.19. The fraction of sp³-hybridized carbons (Fsp3) is 0.381. The van der Waals surface area contributed by atoms with Gasteiger partial charge < -0.3 is 14.8 Å². The highest BCUT2D eigenvalue weighted by Crippen LogP contribution is 2.48. The maximum Gasteiger partial charge on any atom is 0.258 e. The highest BCUT2D eigenvalue weighted by Gasteiger charge is 2.22. The van der Waals surface area contributed by atoms with E-state index >= 15 is 0 Å². The highest BCUT2D eigenvalue weighted by atomic mass is 32.2. The summed E-state index contributed by atoms with van der Waals surface area (Å²) >= 11 is 3.85. The SMILES string of the molecule is COc1ccc(C)cc1C(C)NC(=O)COc1ccccc1C1SCCS1. The second-order valence-electron chi connectivity index (χ2n) is 6.43. The van der Waals surface area contributed by atoms with Crippen molar-refractivity contribution >= 4 is 29.4 Å². The number of carbonyl (C=O) groups excluding carboxylic acids is 1. The Bertz CT molecular complexity index is 791. The third-order valence-corrected chi connectivity index (χ3v) is 7.45. The maximum absolute atomic E-state index is 12.4. The van der Waals surface area contributed by atoms with Crippen LogP contribution in [0.3, 0.4) is 0 Å². The topological polar surface area (TPSA) is 47.6 Å². The number of benzene rings is 2. The van der Waals surface area contributed by atoms with Gasteiger partial charge in [-0.2, -0.15) is 0 Å². The molecule has 2 aromatic carbocycles. The number of hydrogen-bond donors (Lipinski definition) is 1. The molecule has 27 heavy (non-hydrogen) atoms. The Morgan fingerprint density at radius 3 is 2.67 bits per heavy atom. The van der Waals surface area contributed by atoms with Crippen LogP contribution in [0.5, 0.6) is 11.5 Å². The average Bonchev–Trinajstić information content (AvgIpc) is 3.21. The van der Waals surface area contributed by atoms with Crippen LogP contribution in [-0.2, 0) is 4.79 Å². The number of hydrogen-bond acceptors (Lipinski definition) is 5. The van der Waals surface area contributed by atoms with E-state index in [-0.39, 0.29) is 18.6 Å². The van der Waals surface area contributed by atoms with Gasteiger partial charge in [0, 0.05) is 22.6 Å².